The smallest absolute Gasteiger partial charge is 0.174 e. The number of aliphatic hydroxyl groups excluding tert-OH is 2. The number of carbonyl (C=O) groups is 1. The molecule has 3 fully saturated rings. The Hall–Kier alpha value is -1.67. The summed E-state index contributed by atoms with van der Waals surface area (Å²) in [5, 5.41) is 44.0. The summed E-state index contributed by atoms with van der Waals surface area (Å²) in [4.78, 5) is 12.8. The van der Waals surface area contributed by atoms with Crippen LogP contribution in [0.1, 0.15) is 30.4 Å². The van der Waals surface area contributed by atoms with Crippen molar-refractivity contribution in [3.05, 3.63) is 30.7 Å². The van der Waals surface area contributed by atoms with Gasteiger partial charge in [-0.25, -0.2) is 0 Å². The Kier molecular flexibility index (Phi) is 3.67. The minimum Gasteiger partial charge on any atom is -0.504 e. The van der Waals surface area contributed by atoms with Gasteiger partial charge in [0.25, 0.3) is 0 Å². The summed E-state index contributed by atoms with van der Waals surface area (Å²) >= 11 is 0. The summed E-state index contributed by atoms with van der Waals surface area (Å²) < 4.78 is 6.44. The second kappa shape index (κ2) is 5.52. The summed E-state index contributed by atoms with van der Waals surface area (Å²) in [5.74, 6) is 0.266. The van der Waals surface area contributed by atoms with Gasteiger partial charge in [-0.05, 0) is 24.5 Å². The molecule has 0 radical (unpaired) electrons. The van der Waals surface area contributed by atoms with E-state index in [1.54, 1.807) is 6.07 Å². The Morgan fingerprint density at radius 2 is 2.03 bits per heavy atom. The molecule has 8 atom stereocenters. The van der Waals surface area contributed by atoms with E-state index in [1.807, 2.05) is 6.07 Å². The fourth-order valence-corrected chi connectivity index (χ4v) is 7.13. The van der Waals surface area contributed by atoms with Crippen LogP contribution in [0, 0.1) is 13.3 Å². The summed E-state index contributed by atoms with van der Waals surface area (Å²) in [6.07, 6.45) is -0.411. The molecule has 4 N–H and O–H groups in total. The molecule has 2 heterocycles. The lowest BCUT2D eigenvalue weighted by Crippen LogP contribution is -2.85. The number of nitrogens with zero attached hydrogens (tertiary/aromatic N) is 1. The molecular formula is C22H29NO6. The number of ketones is 1. The molecule has 2 aliphatic heterocycles. The molecule has 3 aliphatic carbocycles. The molecule has 2 unspecified atom stereocenters. The van der Waals surface area contributed by atoms with Crippen LogP contribution >= 0.6 is 0 Å². The lowest BCUT2D eigenvalue weighted by atomic mass is 9.47. The van der Waals surface area contributed by atoms with Crippen LogP contribution in [0.15, 0.2) is 12.1 Å². The van der Waals surface area contributed by atoms with Crippen molar-refractivity contribution >= 4 is 5.78 Å². The Balaban J connectivity index is 0.00000181. The molecule has 1 saturated heterocycles. The SMILES string of the molecule is C[N@+]1(CC2CC2O)C[C@@H](O)[C@]23c4c5ccc(O)c4O[C@H]2C(=O)CC[C@@]3(O)[C@H]1C5.[CH3-]. The molecule has 1 spiro atoms. The van der Waals surface area contributed by atoms with Crippen molar-refractivity contribution in [2.24, 2.45) is 5.92 Å². The maximum absolute atomic E-state index is 12.8. The molecule has 6 rings (SSSR count). The van der Waals surface area contributed by atoms with E-state index in [9.17, 15) is 25.2 Å². The lowest BCUT2D eigenvalue weighted by Gasteiger charge is -2.65. The maximum Gasteiger partial charge on any atom is 0.174 e. The van der Waals surface area contributed by atoms with Crippen LogP contribution in [0.4, 0.5) is 0 Å². The lowest BCUT2D eigenvalue weighted by molar-refractivity contribution is -0.954. The summed E-state index contributed by atoms with van der Waals surface area (Å²) in [6.45, 7) is 1.08. The normalized spacial score (nSPS) is 48.4. The second-order valence-electron chi connectivity index (χ2n) is 9.85. The molecule has 158 valence electrons. The highest BCUT2D eigenvalue weighted by Crippen LogP contribution is 2.65. The molecule has 29 heavy (non-hydrogen) atoms. The fraction of sp³-hybridized carbons (Fsp3) is 0.636. The third kappa shape index (κ3) is 2.00. The molecule has 2 bridgehead atoms. The number of benzene rings is 1. The number of phenols is 1. The Labute approximate surface area is 170 Å². The van der Waals surface area contributed by atoms with Gasteiger partial charge in [0.05, 0.1) is 19.7 Å². The van der Waals surface area contributed by atoms with Gasteiger partial charge in [0.1, 0.15) is 29.7 Å². The van der Waals surface area contributed by atoms with Gasteiger partial charge >= 0.3 is 0 Å². The first-order valence-corrected chi connectivity index (χ1v) is 10.2. The quantitative estimate of drug-likeness (QED) is 0.411. The minimum absolute atomic E-state index is 0. The van der Waals surface area contributed by atoms with Crippen molar-refractivity contribution in [1.82, 2.24) is 0 Å². The van der Waals surface area contributed by atoms with E-state index in [0.717, 1.165) is 12.0 Å². The van der Waals surface area contributed by atoms with Crippen LogP contribution in [0.2, 0.25) is 0 Å². The van der Waals surface area contributed by atoms with Gasteiger partial charge in [-0.15, -0.1) is 0 Å². The van der Waals surface area contributed by atoms with Gasteiger partial charge in [0.2, 0.25) is 0 Å². The highest BCUT2D eigenvalue weighted by Gasteiger charge is 2.80. The Morgan fingerprint density at radius 1 is 1.31 bits per heavy atom. The third-order valence-electron chi connectivity index (χ3n) is 8.42. The van der Waals surface area contributed by atoms with E-state index in [4.69, 9.17) is 4.74 Å². The number of hydrogen-bond donors (Lipinski definition) is 4. The predicted octanol–water partition coefficient (Wildman–Crippen LogP) is 0.0619. The van der Waals surface area contributed by atoms with Gasteiger partial charge in [0, 0.05) is 24.3 Å². The van der Waals surface area contributed by atoms with Crippen molar-refractivity contribution in [3.63, 3.8) is 0 Å². The number of carbonyl (C=O) groups excluding carboxylic acids is 1. The van der Waals surface area contributed by atoms with Gasteiger partial charge in [-0.1, -0.05) is 6.07 Å². The zero-order valence-electron chi connectivity index (χ0n) is 16.8. The van der Waals surface area contributed by atoms with Crippen molar-refractivity contribution < 1.29 is 34.4 Å². The van der Waals surface area contributed by atoms with E-state index in [2.05, 4.69) is 7.05 Å². The minimum atomic E-state index is -1.30. The number of piperidine rings is 1. The molecule has 5 aliphatic rings. The highest BCUT2D eigenvalue weighted by molar-refractivity contribution is 5.90. The molecular weight excluding hydrogens is 374 g/mol. The van der Waals surface area contributed by atoms with Gasteiger partial charge in [-0.2, -0.15) is 0 Å². The zero-order chi connectivity index (χ0) is 19.6. The van der Waals surface area contributed by atoms with Crippen LogP contribution in [0.25, 0.3) is 0 Å². The van der Waals surface area contributed by atoms with Crippen molar-refractivity contribution in [3.8, 4) is 11.5 Å². The Morgan fingerprint density at radius 3 is 2.72 bits per heavy atom. The number of hydrogen-bond acceptors (Lipinski definition) is 6. The van der Waals surface area contributed by atoms with Crippen LogP contribution in [0.3, 0.4) is 0 Å². The number of phenolic OH excluding ortho intramolecular Hbond substituents is 1. The van der Waals surface area contributed by atoms with Crippen LogP contribution in [-0.2, 0) is 16.6 Å². The zero-order valence-corrected chi connectivity index (χ0v) is 16.8. The molecule has 1 aromatic rings. The van der Waals surface area contributed by atoms with E-state index in [-0.39, 0.29) is 55.6 Å². The maximum atomic E-state index is 12.8. The number of likely N-dealkylation sites (N-methyl/N-ethyl adjacent to an activating group) is 1. The molecule has 0 aromatic heterocycles. The van der Waals surface area contributed by atoms with Gasteiger partial charge in [-0.3, -0.25) is 4.79 Å². The van der Waals surface area contributed by atoms with Crippen LogP contribution in [-0.4, -0.2) is 80.8 Å². The standard InChI is InChI=1S/C21H25NO6.CH3/c1-22(8-11-6-14(11)25)9-16(26)21-17-10-2-3-12(23)18(17)28-19(21)13(24)4-5-20(21,27)15(22)7-10;/h2-3,11,14-16,19,25-27H,4-9H2,1H3;1H3/q;-1/p+1/t11?,14?,15-,16-,19+,20-,21+,22+;/m1./s1. The number of Topliss-reactive ketones (excluding diaryl/α,β-unsaturated/α-hetero) is 1. The average Bonchev–Trinajstić information content (AvgIpc) is 3.16. The van der Waals surface area contributed by atoms with E-state index in [0.29, 0.717) is 29.6 Å². The predicted molar refractivity (Wildman–Crippen MR) is 103 cm³/mol. The topological polar surface area (TPSA) is 107 Å². The summed E-state index contributed by atoms with van der Waals surface area (Å²) in [6, 6.07) is 3.21. The molecule has 7 nitrogen and oxygen atoms in total. The second-order valence-corrected chi connectivity index (χ2v) is 9.85. The molecule has 0 amide bonds. The number of aromatic hydroxyl groups is 1. The van der Waals surface area contributed by atoms with E-state index in [1.165, 1.54) is 0 Å². The van der Waals surface area contributed by atoms with Crippen LogP contribution < -0.4 is 4.74 Å². The van der Waals surface area contributed by atoms with Crippen molar-refractivity contribution in [1.29, 1.82) is 0 Å². The van der Waals surface area contributed by atoms with E-state index >= 15 is 0 Å². The fourth-order valence-electron chi connectivity index (χ4n) is 7.13. The van der Waals surface area contributed by atoms with E-state index < -0.39 is 23.2 Å². The number of rotatable bonds is 2. The number of aliphatic hydroxyl groups is 3. The largest absolute Gasteiger partial charge is 0.504 e. The summed E-state index contributed by atoms with van der Waals surface area (Å²) in [5.41, 5.74) is -0.966. The molecule has 7 heteroatoms. The van der Waals surface area contributed by atoms with Crippen LogP contribution in [0.5, 0.6) is 11.5 Å². The van der Waals surface area contributed by atoms with Gasteiger partial charge < -0.3 is 37.1 Å². The number of ether oxygens (including phenoxy) is 1. The summed E-state index contributed by atoms with van der Waals surface area (Å²) in [7, 11) is 2.05. The first kappa shape index (κ1) is 19.3. The van der Waals surface area contributed by atoms with Gasteiger partial charge in [0.15, 0.2) is 23.4 Å². The number of likely N-dealkylation sites (tertiary alicyclic amines) is 1. The van der Waals surface area contributed by atoms with Crippen molar-refractivity contribution in [2.75, 3.05) is 20.1 Å². The Bertz CT molecular complexity index is 919. The van der Waals surface area contributed by atoms with Crippen molar-refractivity contribution in [2.45, 2.75) is 61.1 Å². The first-order chi connectivity index (χ1) is 13.2. The molecule has 2 saturated carbocycles. The highest BCUT2D eigenvalue weighted by atomic mass is 16.5. The third-order valence-corrected chi connectivity index (χ3v) is 8.42. The average molecular weight is 403 g/mol. The molecule has 1 aromatic carbocycles. The number of quaternary nitrogens is 1. The monoisotopic (exact) mass is 403 g/mol. The first-order valence-electron chi connectivity index (χ1n) is 10.2.